The molecule has 5 heteroatoms. The quantitative estimate of drug-likeness (QED) is 0.688. The maximum absolute atomic E-state index is 11.4. The molecule has 0 aliphatic rings. The van der Waals surface area contributed by atoms with E-state index in [1.165, 1.54) is 17.3 Å². The molecule has 0 unspecified atom stereocenters. The highest BCUT2D eigenvalue weighted by Crippen LogP contribution is 2.25. The van der Waals surface area contributed by atoms with E-state index < -0.39 is 0 Å². The van der Waals surface area contributed by atoms with Crippen LogP contribution in [0.15, 0.2) is 40.3 Å². The molecular weight excluding hydrogens is 258 g/mol. The Hall–Kier alpha value is -1.75. The van der Waals surface area contributed by atoms with Crippen molar-refractivity contribution in [3.05, 3.63) is 51.9 Å². The van der Waals surface area contributed by atoms with Gasteiger partial charge in [0.05, 0.1) is 0 Å². The molecule has 1 aromatic heterocycles. The molecule has 0 fully saturated rings. The van der Waals surface area contributed by atoms with E-state index in [1.54, 1.807) is 11.8 Å². The molecule has 1 N–H and O–H groups in total. The van der Waals surface area contributed by atoms with Crippen LogP contribution < -0.4 is 10.5 Å². The number of benzene rings is 1. The Balaban J connectivity index is 2.16. The number of hydrogen-bond acceptors (Lipinski definition) is 4. The second-order valence-corrected chi connectivity index (χ2v) is 5.47. The second kappa shape index (κ2) is 5.93. The molecule has 0 saturated carbocycles. The third-order valence-electron chi connectivity index (χ3n) is 2.69. The van der Waals surface area contributed by atoms with E-state index in [0.717, 1.165) is 11.4 Å². The number of nitrogens with zero attached hydrogens (tertiary/aromatic N) is 2. The van der Waals surface area contributed by atoms with Crippen molar-refractivity contribution in [2.24, 2.45) is 0 Å². The average Bonchev–Trinajstić information content (AvgIpc) is 2.35. The van der Waals surface area contributed by atoms with Crippen molar-refractivity contribution in [3.63, 3.8) is 0 Å². The number of para-hydroxylation sites is 1. The summed E-state index contributed by atoms with van der Waals surface area (Å²) < 4.78 is 0. The van der Waals surface area contributed by atoms with Crippen LogP contribution >= 0.6 is 11.8 Å². The summed E-state index contributed by atoms with van der Waals surface area (Å²) in [6.45, 7) is 1.83. The van der Waals surface area contributed by atoms with Gasteiger partial charge in [-0.25, -0.2) is 4.98 Å². The SMILES string of the molecule is Cc1cc(=O)[nH]c(SCc2ccccc2N(C)C)n1. The smallest absolute Gasteiger partial charge is 0.251 e. The van der Waals surface area contributed by atoms with Gasteiger partial charge in [-0.2, -0.15) is 0 Å². The van der Waals surface area contributed by atoms with Crippen molar-refractivity contribution in [2.45, 2.75) is 17.8 Å². The summed E-state index contributed by atoms with van der Waals surface area (Å²) in [6, 6.07) is 9.72. The Kier molecular flexibility index (Phi) is 4.27. The van der Waals surface area contributed by atoms with E-state index in [1.807, 2.05) is 33.2 Å². The Morgan fingerprint density at radius 2 is 2.05 bits per heavy atom. The lowest BCUT2D eigenvalue weighted by molar-refractivity contribution is 0.905. The number of H-pyrrole nitrogens is 1. The molecule has 1 heterocycles. The Bertz CT molecular complexity index is 622. The number of nitrogens with one attached hydrogen (secondary N) is 1. The Labute approximate surface area is 116 Å². The van der Waals surface area contributed by atoms with Gasteiger partial charge in [-0.3, -0.25) is 4.79 Å². The molecule has 0 aliphatic carbocycles. The van der Waals surface area contributed by atoms with Gasteiger partial charge in [-0.15, -0.1) is 0 Å². The molecule has 2 aromatic rings. The molecule has 0 amide bonds. The van der Waals surface area contributed by atoms with Crippen LogP contribution in [0.1, 0.15) is 11.3 Å². The molecule has 1 aromatic carbocycles. The van der Waals surface area contributed by atoms with Gasteiger partial charge in [0.15, 0.2) is 5.16 Å². The first-order valence-electron chi connectivity index (χ1n) is 6.02. The second-order valence-electron chi connectivity index (χ2n) is 4.50. The molecule has 0 spiro atoms. The van der Waals surface area contributed by atoms with Crippen molar-refractivity contribution in [1.82, 2.24) is 9.97 Å². The van der Waals surface area contributed by atoms with Gasteiger partial charge < -0.3 is 9.88 Å². The van der Waals surface area contributed by atoms with E-state index in [2.05, 4.69) is 27.0 Å². The van der Waals surface area contributed by atoms with Gasteiger partial charge in [-0.1, -0.05) is 30.0 Å². The fourth-order valence-corrected chi connectivity index (χ4v) is 2.75. The molecule has 100 valence electrons. The molecule has 0 atom stereocenters. The topological polar surface area (TPSA) is 49.0 Å². The van der Waals surface area contributed by atoms with Crippen LogP contribution in [-0.2, 0) is 5.75 Å². The van der Waals surface area contributed by atoms with Crippen molar-refractivity contribution >= 4 is 17.4 Å². The monoisotopic (exact) mass is 275 g/mol. The van der Waals surface area contributed by atoms with E-state index in [9.17, 15) is 4.79 Å². The fourth-order valence-electron chi connectivity index (χ4n) is 1.84. The van der Waals surface area contributed by atoms with Crippen LogP contribution in [0.25, 0.3) is 0 Å². The molecule has 0 saturated heterocycles. The van der Waals surface area contributed by atoms with E-state index in [0.29, 0.717) is 5.16 Å². The number of aromatic amines is 1. The standard InChI is InChI=1S/C14H17N3OS/c1-10-8-13(18)16-14(15-10)19-9-11-6-4-5-7-12(11)17(2)3/h4-8H,9H2,1-3H3,(H,15,16,18). The van der Waals surface area contributed by atoms with E-state index in [-0.39, 0.29) is 5.56 Å². The lowest BCUT2D eigenvalue weighted by atomic mass is 10.2. The predicted octanol–water partition coefficient (Wildman–Crippen LogP) is 2.44. The van der Waals surface area contributed by atoms with Crippen LogP contribution in [0.2, 0.25) is 0 Å². The fraction of sp³-hybridized carbons (Fsp3) is 0.286. The highest BCUT2D eigenvalue weighted by atomic mass is 32.2. The normalized spacial score (nSPS) is 10.5. The highest BCUT2D eigenvalue weighted by Gasteiger charge is 2.05. The van der Waals surface area contributed by atoms with Gasteiger partial charge in [-0.05, 0) is 18.6 Å². The summed E-state index contributed by atoms with van der Waals surface area (Å²) in [6.07, 6.45) is 0. The van der Waals surface area contributed by atoms with E-state index >= 15 is 0 Å². The molecule has 19 heavy (non-hydrogen) atoms. The average molecular weight is 275 g/mol. The lowest BCUT2D eigenvalue weighted by Crippen LogP contribution is -2.11. The lowest BCUT2D eigenvalue weighted by Gasteiger charge is -2.16. The zero-order chi connectivity index (χ0) is 13.8. The van der Waals surface area contributed by atoms with Gasteiger partial charge in [0.2, 0.25) is 0 Å². The number of anilines is 1. The van der Waals surface area contributed by atoms with Crippen molar-refractivity contribution in [2.75, 3.05) is 19.0 Å². The van der Waals surface area contributed by atoms with Crippen LogP contribution in [0.4, 0.5) is 5.69 Å². The number of aryl methyl sites for hydroxylation is 1. The molecule has 2 rings (SSSR count). The highest BCUT2D eigenvalue weighted by molar-refractivity contribution is 7.98. The third kappa shape index (κ3) is 3.61. The maximum Gasteiger partial charge on any atom is 0.251 e. The van der Waals surface area contributed by atoms with Gasteiger partial charge >= 0.3 is 0 Å². The largest absolute Gasteiger partial charge is 0.377 e. The summed E-state index contributed by atoms with van der Waals surface area (Å²) in [7, 11) is 4.05. The number of aromatic nitrogens is 2. The number of thioether (sulfide) groups is 1. The van der Waals surface area contributed by atoms with Crippen LogP contribution in [0.3, 0.4) is 0 Å². The third-order valence-corrected chi connectivity index (χ3v) is 3.61. The van der Waals surface area contributed by atoms with Gasteiger partial charge in [0.1, 0.15) is 0 Å². The van der Waals surface area contributed by atoms with Crippen LogP contribution in [-0.4, -0.2) is 24.1 Å². The van der Waals surface area contributed by atoms with Gasteiger partial charge in [0.25, 0.3) is 5.56 Å². The maximum atomic E-state index is 11.4. The minimum absolute atomic E-state index is 0.101. The molecule has 4 nitrogen and oxygen atoms in total. The van der Waals surface area contributed by atoms with E-state index in [4.69, 9.17) is 0 Å². The minimum atomic E-state index is -0.101. The Morgan fingerprint density at radius 1 is 1.32 bits per heavy atom. The van der Waals surface area contributed by atoms with Crippen LogP contribution in [0, 0.1) is 6.92 Å². The molecule has 0 radical (unpaired) electrons. The summed E-state index contributed by atoms with van der Waals surface area (Å²) in [5, 5.41) is 0.665. The summed E-state index contributed by atoms with van der Waals surface area (Å²) in [5.74, 6) is 0.779. The summed E-state index contributed by atoms with van der Waals surface area (Å²) in [4.78, 5) is 20.5. The summed E-state index contributed by atoms with van der Waals surface area (Å²) >= 11 is 1.54. The van der Waals surface area contributed by atoms with Crippen molar-refractivity contribution < 1.29 is 0 Å². The minimum Gasteiger partial charge on any atom is -0.377 e. The molecule has 0 bridgehead atoms. The zero-order valence-electron chi connectivity index (χ0n) is 11.3. The van der Waals surface area contributed by atoms with Crippen LogP contribution in [0.5, 0.6) is 0 Å². The van der Waals surface area contributed by atoms with Crippen molar-refractivity contribution in [1.29, 1.82) is 0 Å². The first kappa shape index (κ1) is 13.7. The van der Waals surface area contributed by atoms with Gasteiger partial charge in [0, 0.05) is 37.3 Å². The Morgan fingerprint density at radius 3 is 2.74 bits per heavy atom. The number of rotatable bonds is 4. The molecule has 0 aliphatic heterocycles. The van der Waals surface area contributed by atoms with Crippen molar-refractivity contribution in [3.8, 4) is 0 Å². The first-order chi connectivity index (χ1) is 9.06. The first-order valence-corrected chi connectivity index (χ1v) is 7.01. The predicted molar refractivity (Wildman–Crippen MR) is 79.9 cm³/mol. The molecular formula is C14H17N3OS. The summed E-state index contributed by atoms with van der Waals surface area (Å²) in [5.41, 5.74) is 3.05. The zero-order valence-corrected chi connectivity index (χ0v) is 12.1. The number of hydrogen-bond donors (Lipinski definition) is 1.